The lowest BCUT2D eigenvalue weighted by atomic mass is 10.1. The smallest absolute Gasteiger partial charge is 0.255 e. The summed E-state index contributed by atoms with van der Waals surface area (Å²) in [5, 5.41) is 5.80. The second kappa shape index (κ2) is 12.0. The SMILES string of the molecule is Cc1ccc(NC(=O)c2cccc(OCCN3CCOCC3)c2)cc1N(c1cccnc1)c1nccs1. The minimum atomic E-state index is -0.199. The van der Waals surface area contributed by atoms with Crippen LogP contribution in [0.15, 0.2) is 78.6 Å². The number of hydrogen-bond donors (Lipinski definition) is 1. The van der Waals surface area contributed by atoms with Crippen LogP contribution in [0.2, 0.25) is 0 Å². The van der Waals surface area contributed by atoms with Crippen LogP contribution in [0.4, 0.5) is 22.2 Å². The molecule has 0 saturated carbocycles. The maximum Gasteiger partial charge on any atom is 0.255 e. The van der Waals surface area contributed by atoms with E-state index in [1.165, 1.54) is 11.3 Å². The number of anilines is 4. The van der Waals surface area contributed by atoms with E-state index in [4.69, 9.17) is 9.47 Å². The predicted molar refractivity (Wildman–Crippen MR) is 146 cm³/mol. The van der Waals surface area contributed by atoms with E-state index in [1.54, 1.807) is 30.7 Å². The van der Waals surface area contributed by atoms with Crippen molar-refractivity contribution >= 4 is 39.4 Å². The predicted octanol–water partition coefficient (Wildman–Crippen LogP) is 5.28. The molecule has 0 spiro atoms. The molecule has 1 saturated heterocycles. The number of carbonyl (C=O) groups excluding carboxylic acids is 1. The second-order valence-corrected chi connectivity index (χ2v) is 9.52. The monoisotopic (exact) mass is 515 g/mol. The van der Waals surface area contributed by atoms with E-state index < -0.39 is 0 Å². The Morgan fingerprint density at radius 1 is 1.14 bits per heavy atom. The number of pyridine rings is 1. The minimum Gasteiger partial charge on any atom is -0.492 e. The van der Waals surface area contributed by atoms with Gasteiger partial charge in [0, 0.05) is 48.7 Å². The molecule has 0 bridgehead atoms. The summed E-state index contributed by atoms with van der Waals surface area (Å²) in [5.41, 5.74) is 4.09. The average Bonchev–Trinajstić information content (AvgIpc) is 3.46. The Labute approximate surface area is 220 Å². The van der Waals surface area contributed by atoms with Crippen molar-refractivity contribution in [2.45, 2.75) is 6.92 Å². The lowest BCUT2D eigenvalue weighted by Gasteiger charge is -2.26. The number of thiazole rings is 1. The van der Waals surface area contributed by atoms with E-state index in [-0.39, 0.29) is 5.91 Å². The molecule has 5 rings (SSSR count). The summed E-state index contributed by atoms with van der Waals surface area (Å²) in [5.74, 6) is 0.479. The van der Waals surface area contributed by atoms with Gasteiger partial charge in [0.15, 0.2) is 5.13 Å². The largest absolute Gasteiger partial charge is 0.492 e. The van der Waals surface area contributed by atoms with Gasteiger partial charge in [0.25, 0.3) is 5.91 Å². The molecule has 0 radical (unpaired) electrons. The molecule has 8 nitrogen and oxygen atoms in total. The van der Waals surface area contributed by atoms with Crippen LogP contribution < -0.4 is 15.0 Å². The molecule has 1 aliphatic rings. The topological polar surface area (TPSA) is 79.8 Å². The van der Waals surface area contributed by atoms with E-state index >= 15 is 0 Å². The fraction of sp³-hybridized carbons (Fsp3) is 0.250. The number of aryl methyl sites for hydroxylation is 1. The van der Waals surface area contributed by atoms with Gasteiger partial charge in [-0.2, -0.15) is 0 Å². The lowest BCUT2D eigenvalue weighted by Crippen LogP contribution is -2.38. The van der Waals surface area contributed by atoms with E-state index in [9.17, 15) is 4.79 Å². The molecule has 2 aromatic carbocycles. The molecule has 1 N–H and O–H groups in total. The molecule has 1 fully saturated rings. The number of nitrogens with zero attached hydrogens (tertiary/aromatic N) is 4. The van der Waals surface area contributed by atoms with Gasteiger partial charge in [-0.3, -0.25) is 19.6 Å². The molecule has 0 atom stereocenters. The van der Waals surface area contributed by atoms with Gasteiger partial charge in [-0.15, -0.1) is 11.3 Å². The third-order valence-corrected chi connectivity index (χ3v) is 6.86. The van der Waals surface area contributed by atoms with Gasteiger partial charge < -0.3 is 14.8 Å². The standard InChI is InChI=1S/C28H29N5O3S/c1-21-7-8-23(19-26(21)33(28-30-10-17-37-28)24-5-3-9-29-20-24)31-27(34)22-4-2-6-25(18-22)36-16-13-32-11-14-35-15-12-32/h2-10,17-20H,11-16H2,1H3,(H,31,34). The molecule has 1 aliphatic heterocycles. The number of nitrogens with one attached hydrogen (secondary N) is 1. The Kier molecular flexibility index (Phi) is 8.05. The molecular formula is C28H29N5O3S. The lowest BCUT2D eigenvalue weighted by molar-refractivity contribution is 0.0322. The van der Waals surface area contributed by atoms with Crippen molar-refractivity contribution in [2.75, 3.05) is 49.7 Å². The Morgan fingerprint density at radius 2 is 2.03 bits per heavy atom. The molecule has 4 aromatic rings. The number of amides is 1. The molecule has 3 heterocycles. The summed E-state index contributed by atoms with van der Waals surface area (Å²) in [6, 6.07) is 17.0. The van der Waals surface area contributed by atoms with Crippen molar-refractivity contribution in [1.29, 1.82) is 0 Å². The van der Waals surface area contributed by atoms with Crippen molar-refractivity contribution in [3.8, 4) is 5.75 Å². The molecule has 37 heavy (non-hydrogen) atoms. The van der Waals surface area contributed by atoms with Crippen molar-refractivity contribution in [3.05, 3.63) is 89.7 Å². The van der Waals surface area contributed by atoms with Gasteiger partial charge in [-0.1, -0.05) is 12.1 Å². The highest BCUT2D eigenvalue weighted by Gasteiger charge is 2.18. The van der Waals surface area contributed by atoms with Crippen molar-refractivity contribution in [3.63, 3.8) is 0 Å². The zero-order valence-corrected chi connectivity index (χ0v) is 21.5. The normalized spacial score (nSPS) is 13.8. The zero-order valence-electron chi connectivity index (χ0n) is 20.7. The zero-order chi connectivity index (χ0) is 25.5. The number of carbonyl (C=O) groups is 1. The summed E-state index contributed by atoms with van der Waals surface area (Å²) in [4.78, 5) is 26.3. The number of morpholine rings is 1. The van der Waals surface area contributed by atoms with Gasteiger partial charge in [-0.25, -0.2) is 4.98 Å². The van der Waals surface area contributed by atoms with Crippen LogP contribution in [0, 0.1) is 6.92 Å². The summed E-state index contributed by atoms with van der Waals surface area (Å²) in [6.07, 6.45) is 5.32. The number of aromatic nitrogens is 2. The fourth-order valence-corrected chi connectivity index (χ4v) is 4.82. The van der Waals surface area contributed by atoms with E-state index in [0.29, 0.717) is 23.6 Å². The van der Waals surface area contributed by atoms with Gasteiger partial charge in [0.1, 0.15) is 12.4 Å². The summed E-state index contributed by atoms with van der Waals surface area (Å²) >= 11 is 1.54. The second-order valence-electron chi connectivity index (χ2n) is 8.65. The van der Waals surface area contributed by atoms with Crippen LogP contribution in [0.1, 0.15) is 15.9 Å². The van der Waals surface area contributed by atoms with Crippen molar-refractivity contribution in [1.82, 2.24) is 14.9 Å². The van der Waals surface area contributed by atoms with Crippen LogP contribution >= 0.6 is 11.3 Å². The van der Waals surface area contributed by atoms with E-state index in [2.05, 4.69) is 20.2 Å². The van der Waals surface area contributed by atoms with Crippen LogP contribution in [0.5, 0.6) is 5.75 Å². The molecule has 9 heteroatoms. The fourth-order valence-electron chi connectivity index (χ4n) is 4.14. The molecule has 2 aromatic heterocycles. The van der Waals surface area contributed by atoms with Gasteiger partial charge in [0.05, 0.1) is 30.8 Å². The summed E-state index contributed by atoms with van der Waals surface area (Å²) < 4.78 is 11.3. The van der Waals surface area contributed by atoms with Crippen LogP contribution in [-0.4, -0.2) is 60.2 Å². The van der Waals surface area contributed by atoms with Crippen LogP contribution in [0.3, 0.4) is 0 Å². The first kappa shape index (κ1) is 24.9. The van der Waals surface area contributed by atoms with Crippen LogP contribution in [0.25, 0.3) is 0 Å². The van der Waals surface area contributed by atoms with Gasteiger partial charge in [0.2, 0.25) is 0 Å². The first-order valence-electron chi connectivity index (χ1n) is 12.2. The summed E-state index contributed by atoms with van der Waals surface area (Å²) in [6.45, 7) is 6.80. The van der Waals surface area contributed by atoms with Gasteiger partial charge in [-0.05, 0) is 55.0 Å². The van der Waals surface area contributed by atoms with Crippen LogP contribution in [-0.2, 0) is 4.74 Å². The highest BCUT2D eigenvalue weighted by Crippen LogP contribution is 2.38. The first-order chi connectivity index (χ1) is 18.2. The minimum absolute atomic E-state index is 0.199. The Morgan fingerprint density at radius 3 is 2.81 bits per heavy atom. The third kappa shape index (κ3) is 6.32. The van der Waals surface area contributed by atoms with E-state index in [0.717, 1.165) is 54.9 Å². The molecule has 190 valence electrons. The Hall–Kier alpha value is -3.79. The van der Waals surface area contributed by atoms with Crippen molar-refractivity contribution < 1.29 is 14.3 Å². The number of ether oxygens (including phenoxy) is 2. The highest BCUT2D eigenvalue weighted by atomic mass is 32.1. The maximum atomic E-state index is 13.1. The Balaban J connectivity index is 1.30. The maximum absolute atomic E-state index is 13.1. The highest BCUT2D eigenvalue weighted by molar-refractivity contribution is 7.13. The third-order valence-electron chi connectivity index (χ3n) is 6.10. The molecule has 0 aliphatic carbocycles. The Bertz CT molecular complexity index is 1310. The molecular weight excluding hydrogens is 486 g/mol. The number of hydrogen-bond acceptors (Lipinski definition) is 8. The number of rotatable bonds is 9. The number of benzene rings is 2. The first-order valence-corrected chi connectivity index (χ1v) is 13.1. The van der Waals surface area contributed by atoms with Crippen molar-refractivity contribution in [2.24, 2.45) is 0 Å². The summed E-state index contributed by atoms with van der Waals surface area (Å²) in [7, 11) is 0. The molecule has 0 unspecified atom stereocenters. The van der Waals surface area contributed by atoms with E-state index in [1.807, 2.05) is 59.7 Å². The molecule has 1 amide bonds. The quantitative estimate of drug-likeness (QED) is 0.325. The average molecular weight is 516 g/mol. The van der Waals surface area contributed by atoms with Gasteiger partial charge >= 0.3 is 0 Å².